The quantitative estimate of drug-likeness (QED) is 0.0514. The Morgan fingerprint density at radius 3 is 1.89 bits per heavy atom. The van der Waals surface area contributed by atoms with Gasteiger partial charge in [-0.3, -0.25) is 29.0 Å². The minimum absolute atomic E-state index is 0.0418. The zero-order chi connectivity index (χ0) is 28.0. The van der Waals surface area contributed by atoms with Gasteiger partial charge in [0.1, 0.15) is 18.1 Å². The first-order valence-corrected chi connectivity index (χ1v) is 11.1. The monoisotopic (exact) mass is 516 g/mol. The molecule has 0 radical (unpaired) electrons. The molecule has 0 spiro atoms. The lowest BCUT2D eigenvalue weighted by atomic mass is 10.0. The number of hydrogen-bond acceptors (Lipinski definition) is 8. The summed E-state index contributed by atoms with van der Waals surface area (Å²) in [6.07, 6.45) is -1.15. The van der Waals surface area contributed by atoms with Crippen molar-refractivity contribution in [1.29, 1.82) is 0 Å². The van der Waals surface area contributed by atoms with Crippen LogP contribution in [-0.4, -0.2) is 82.5 Å². The highest BCUT2D eigenvalue weighted by Gasteiger charge is 2.32. The van der Waals surface area contributed by atoms with Crippen molar-refractivity contribution in [3.8, 4) is 0 Å². The third-order valence-corrected chi connectivity index (χ3v) is 4.84. The van der Waals surface area contributed by atoms with E-state index in [1.54, 1.807) is 13.8 Å². The number of hydrogen-bond donors (Lipinski definition) is 9. The van der Waals surface area contributed by atoms with Gasteiger partial charge in [-0.05, 0) is 25.2 Å². The van der Waals surface area contributed by atoms with Crippen LogP contribution in [0.5, 0.6) is 0 Å². The standard InChI is InChI=1S/C20H36N8O8/c1-9(2)15(28-16(32)10(21)8-13(22)29)18(34)26-11(5-6-14(30)31)17(33)27-12(19(35)36)4-3-7-25-20(23)24/h9-12,15H,3-8,21H2,1-2H3,(H2,22,29)(H,26,34)(H,27,33)(H,28,32)(H,30,31)(H,35,36)(H4,23,24,25). The van der Waals surface area contributed by atoms with E-state index in [-0.39, 0.29) is 31.8 Å². The van der Waals surface area contributed by atoms with Gasteiger partial charge in [-0.2, -0.15) is 0 Å². The van der Waals surface area contributed by atoms with Crippen LogP contribution in [0.4, 0.5) is 0 Å². The highest BCUT2D eigenvalue weighted by Crippen LogP contribution is 2.07. The van der Waals surface area contributed by atoms with E-state index in [2.05, 4.69) is 20.9 Å². The predicted molar refractivity (Wildman–Crippen MR) is 127 cm³/mol. The molecule has 204 valence electrons. The van der Waals surface area contributed by atoms with Crippen molar-refractivity contribution in [2.45, 2.75) is 70.1 Å². The molecule has 16 heteroatoms. The summed E-state index contributed by atoms with van der Waals surface area (Å²) in [7, 11) is 0. The molecule has 0 heterocycles. The Morgan fingerprint density at radius 1 is 0.833 bits per heavy atom. The van der Waals surface area contributed by atoms with Crippen molar-refractivity contribution in [3.05, 3.63) is 0 Å². The van der Waals surface area contributed by atoms with E-state index in [0.29, 0.717) is 0 Å². The highest BCUT2D eigenvalue weighted by atomic mass is 16.4. The van der Waals surface area contributed by atoms with Gasteiger partial charge in [-0.25, -0.2) is 4.79 Å². The molecule has 0 bridgehead atoms. The number of primary amides is 1. The van der Waals surface area contributed by atoms with Gasteiger partial charge >= 0.3 is 11.9 Å². The Morgan fingerprint density at radius 2 is 1.42 bits per heavy atom. The molecule has 36 heavy (non-hydrogen) atoms. The molecule has 0 saturated carbocycles. The average Bonchev–Trinajstić information content (AvgIpc) is 2.75. The van der Waals surface area contributed by atoms with Gasteiger partial charge in [0.25, 0.3) is 0 Å². The van der Waals surface area contributed by atoms with Gasteiger partial charge in [0.05, 0.1) is 12.5 Å². The van der Waals surface area contributed by atoms with Gasteiger partial charge in [-0.15, -0.1) is 0 Å². The fourth-order valence-electron chi connectivity index (χ4n) is 2.94. The van der Waals surface area contributed by atoms with E-state index in [4.69, 9.17) is 28.0 Å². The largest absolute Gasteiger partial charge is 0.481 e. The zero-order valence-corrected chi connectivity index (χ0v) is 20.2. The molecule has 4 unspecified atom stereocenters. The van der Waals surface area contributed by atoms with Crippen LogP contribution in [0, 0.1) is 5.92 Å². The molecule has 16 nitrogen and oxygen atoms in total. The van der Waals surface area contributed by atoms with Crippen molar-refractivity contribution in [3.63, 3.8) is 0 Å². The van der Waals surface area contributed by atoms with Crippen molar-refractivity contribution in [2.24, 2.45) is 33.8 Å². The van der Waals surface area contributed by atoms with Crippen LogP contribution in [0.1, 0.15) is 46.0 Å². The van der Waals surface area contributed by atoms with E-state index in [1.165, 1.54) is 0 Å². The minimum Gasteiger partial charge on any atom is -0.481 e. The van der Waals surface area contributed by atoms with E-state index in [9.17, 15) is 33.9 Å². The molecule has 0 aromatic heterocycles. The third-order valence-electron chi connectivity index (χ3n) is 4.84. The molecule has 0 aromatic rings. The Labute approximate surface area is 207 Å². The van der Waals surface area contributed by atoms with Crippen LogP contribution in [0.25, 0.3) is 0 Å². The van der Waals surface area contributed by atoms with Crippen LogP contribution >= 0.6 is 0 Å². The molecular weight excluding hydrogens is 480 g/mol. The van der Waals surface area contributed by atoms with Crippen LogP contribution in [-0.2, 0) is 28.8 Å². The second-order valence-corrected chi connectivity index (χ2v) is 8.35. The molecule has 0 rings (SSSR count). The number of rotatable bonds is 17. The maximum absolute atomic E-state index is 12.9. The molecule has 0 fully saturated rings. The molecule has 0 aliphatic rings. The summed E-state index contributed by atoms with van der Waals surface area (Å²) in [5, 5.41) is 25.4. The molecule has 4 amide bonds. The van der Waals surface area contributed by atoms with E-state index in [1.807, 2.05) is 0 Å². The summed E-state index contributed by atoms with van der Waals surface area (Å²) in [6, 6.07) is -5.29. The van der Waals surface area contributed by atoms with E-state index in [0.717, 1.165) is 0 Å². The van der Waals surface area contributed by atoms with Gasteiger partial charge in [0.2, 0.25) is 23.6 Å². The Bertz CT molecular complexity index is 844. The maximum Gasteiger partial charge on any atom is 0.326 e. The summed E-state index contributed by atoms with van der Waals surface area (Å²) in [5.41, 5.74) is 21.0. The third kappa shape index (κ3) is 13.1. The number of nitrogens with one attached hydrogen (secondary N) is 3. The van der Waals surface area contributed by atoms with Crippen molar-refractivity contribution < 1.29 is 39.0 Å². The lowest BCUT2D eigenvalue weighted by molar-refractivity contribution is -0.143. The van der Waals surface area contributed by atoms with Crippen LogP contribution < -0.4 is 38.9 Å². The average molecular weight is 517 g/mol. The topological polar surface area (TPSA) is 295 Å². The number of nitrogens with two attached hydrogens (primary N) is 4. The van der Waals surface area contributed by atoms with Gasteiger partial charge in [0, 0.05) is 13.0 Å². The summed E-state index contributed by atoms with van der Waals surface area (Å²) in [4.78, 5) is 75.2. The fourth-order valence-corrected chi connectivity index (χ4v) is 2.94. The second-order valence-electron chi connectivity index (χ2n) is 8.35. The maximum atomic E-state index is 12.9. The first-order valence-electron chi connectivity index (χ1n) is 11.1. The fraction of sp³-hybridized carbons (Fsp3) is 0.650. The number of carbonyl (C=O) groups is 6. The summed E-state index contributed by atoms with van der Waals surface area (Å²) in [6.45, 7) is 3.30. The minimum atomic E-state index is -1.43. The van der Waals surface area contributed by atoms with E-state index < -0.39 is 78.5 Å². The number of carboxylic acids is 2. The first kappa shape index (κ1) is 32.0. The zero-order valence-electron chi connectivity index (χ0n) is 20.2. The predicted octanol–water partition coefficient (Wildman–Crippen LogP) is -3.70. The molecule has 4 atom stereocenters. The van der Waals surface area contributed by atoms with Gasteiger partial charge < -0.3 is 49.1 Å². The number of guanidine groups is 1. The highest BCUT2D eigenvalue weighted by molar-refractivity contribution is 5.95. The number of nitrogens with zero attached hydrogens (tertiary/aromatic N) is 1. The van der Waals surface area contributed by atoms with Crippen LogP contribution in [0.15, 0.2) is 4.99 Å². The molecule has 0 aromatic carbocycles. The molecule has 0 aliphatic carbocycles. The summed E-state index contributed by atoms with van der Waals surface area (Å²) in [5.74, 6) is -6.70. The number of amides is 4. The summed E-state index contributed by atoms with van der Waals surface area (Å²) < 4.78 is 0. The number of aliphatic imine (C=N–C) groups is 1. The SMILES string of the molecule is CC(C)C(NC(=O)C(N)CC(N)=O)C(=O)NC(CCC(=O)O)C(=O)NC(CCCN=C(N)N)C(=O)O. The molecule has 0 aliphatic heterocycles. The lowest BCUT2D eigenvalue weighted by Crippen LogP contribution is -2.58. The number of carbonyl (C=O) groups excluding carboxylic acids is 4. The second kappa shape index (κ2) is 15.9. The molecular formula is C20H36N8O8. The molecule has 0 saturated heterocycles. The number of carboxylic acid groups (broad SMARTS) is 2. The Balaban J connectivity index is 5.49. The normalized spacial score (nSPS) is 14.0. The van der Waals surface area contributed by atoms with Crippen molar-refractivity contribution >= 4 is 41.5 Å². The Kier molecular flexibility index (Phi) is 14.1. The smallest absolute Gasteiger partial charge is 0.326 e. The van der Waals surface area contributed by atoms with Gasteiger partial charge in [0.15, 0.2) is 5.96 Å². The van der Waals surface area contributed by atoms with Crippen molar-refractivity contribution in [1.82, 2.24) is 16.0 Å². The van der Waals surface area contributed by atoms with Crippen molar-refractivity contribution in [2.75, 3.05) is 6.54 Å². The number of aliphatic carboxylic acids is 2. The first-order chi connectivity index (χ1) is 16.6. The van der Waals surface area contributed by atoms with E-state index >= 15 is 0 Å². The summed E-state index contributed by atoms with van der Waals surface area (Å²) >= 11 is 0. The molecule has 13 N–H and O–H groups in total. The lowest BCUT2D eigenvalue weighted by Gasteiger charge is -2.26. The van der Waals surface area contributed by atoms with Gasteiger partial charge in [-0.1, -0.05) is 13.8 Å². The van der Waals surface area contributed by atoms with Crippen LogP contribution in [0.2, 0.25) is 0 Å². The van der Waals surface area contributed by atoms with Crippen LogP contribution in [0.3, 0.4) is 0 Å². The Hall–Kier alpha value is -3.95.